The number of allylic oxidation sites excluding steroid dienone is 1. The highest BCUT2D eigenvalue weighted by molar-refractivity contribution is 6.30. The van der Waals surface area contributed by atoms with Crippen molar-refractivity contribution in [3.63, 3.8) is 0 Å². The van der Waals surface area contributed by atoms with Gasteiger partial charge in [0.25, 0.3) is 0 Å². The maximum absolute atomic E-state index is 12.6. The molecular formula is C18H10ClF3O3. The molecule has 1 aliphatic heterocycles. The maximum atomic E-state index is 12.6. The molecule has 0 saturated carbocycles. The van der Waals surface area contributed by atoms with Crippen molar-refractivity contribution in [2.24, 2.45) is 0 Å². The minimum absolute atomic E-state index is 0.155. The third-order valence-corrected chi connectivity index (χ3v) is 3.94. The number of rotatable bonds is 2. The van der Waals surface area contributed by atoms with E-state index in [4.69, 9.17) is 16.3 Å². The summed E-state index contributed by atoms with van der Waals surface area (Å²) in [5.41, 5.74) is -0.0943. The molecule has 3 nitrogen and oxygen atoms in total. The number of carbonyl (C=O) groups is 2. The Kier molecular flexibility index (Phi) is 4.39. The molecule has 0 bridgehead atoms. The van der Waals surface area contributed by atoms with Crippen molar-refractivity contribution in [2.75, 3.05) is 0 Å². The molecule has 0 aliphatic carbocycles. The van der Waals surface area contributed by atoms with Gasteiger partial charge in [0.15, 0.2) is 5.76 Å². The first-order chi connectivity index (χ1) is 11.8. The lowest BCUT2D eigenvalue weighted by molar-refractivity contribution is -0.137. The Bertz CT molecular complexity index is 853. The highest BCUT2D eigenvalue weighted by atomic mass is 35.5. The summed E-state index contributed by atoms with van der Waals surface area (Å²) in [5, 5.41) is 0.513. The van der Waals surface area contributed by atoms with Gasteiger partial charge < -0.3 is 4.74 Å². The molecule has 1 saturated heterocycles. The van der Waals surface area contributed by atoms with E-state index in [0.29, 0.717) is 10.6 Å². The van der Waals surface area contributed by atoms with Crippen molar-refractivity contribution in [3.8, 4) is 0 Å². The first-order valence-corrected chi connectivity index (χ1v) is 7.54. The van der Waals surface area contributed by atoms with E-state index in [2.05, 4.69) is 0 Å². The van der Waals surface area contributed by atoms with Crippen LogP contribution in [-0.2, 0) is 20.5 Å². The Balaban J connectivity index is 1.87. The lowest BCUT2D eigenvalue weighted by Gasteiger charge is -2.08. The Morgan fingerprint density at radius 2 is 1.56 bits per heavy atom. The summed E-state index contributed by atoms with van der Waals surface area (Å²) in [6, 6.07) is 10.4. The van der Waals surface area contributed by atoms with Gasteiger partial charge in [0.1, 0.15) is 5.92 Å². The van der Waals surface area contributed by atoms with Gasteiger partial charge >= 0.3 is 12.1 Å². The van der Waals surface area contributed by atoms with Gasteiger partial charge in [-0.3, -0.25) is 9.59 Å². The van der Waals surface area contributed by atoms with Crippen LogP contribution in [0.15, 0.2) is 54.3 Å². The molecule has 2 aromatic rings. The average molecular weight is 367 g/mol. The molecule has 3 rings (SSSR count). The molecule has 1 heterocycles. The fourth-order valence-electron chi connectivity index (χ4n) is 2.43. The van der Waals surface area contributed by atoms with E-state index in [1.54, 1.807) is 24.3 Å². The normalized spacial score (nSPS) is 19.4. The molecule has 25 heavy (non-hydrogen) atoms. The smallest absolute Gasteiger partial charge is 0.416 e. The second kappa shape index (κ2) is 6.37. The van der Waals surface area contributed by atoms with Crippen molar-refractivity contribution in [1.29, 1.82) is 0 Å². The van der Waals surface area contributed by atoms with E-state index in [1.807, 2.05) is 0 Å². The van der Waals surface area contributed by atoms with E-state index >= 15 is 0 Å². The van der Waals surface area contributed by atoms with Crippen LogP contribution in [-0.4, -0.2) is 11.8 Å². The Morgan fingerprint density at radius 3 is 2.12 bits per heavy atom. The zero-order valence-electron chi connectivity index (χ0n) is 12.5. The number of ketones is 1. The minimum Gasteiger partial charge on any atom is -0.422 e. The van der Waals surface area contributed by atoms with Crippen LogP contribution >= 0.6 is 11.6 Å². The van der Waals surface area contributed by atoms with Crippen LogP contribution in [0.25, 0.3) is 6.08 Å². The molecule has 1 atom stereocenters. The number of hydrogen-bond donors (Lipinski definition) is 0. The number of ether oxygens (including phenoxy) is 1. The lowest BCUT2D eigenvalue weighted by atomic mass is 9.94. The van der Waals surface area contributed by atoms with E-state index < -0.39 is 29.4 Å². The summed E-state index contributed by atoms with van der Waals surface area (Å²) in [6.07, 6.45) is -3.10. The first kappa shape index (κ1) is 17.2. The van der Waals surface area contributed by atoms with E-state index in [9.17, 15) is 22.8 Å². The number of halogens is 4. The summed E-state index contributed by atoms with van der Waals surface area (Å²) >= 11 is 5.78. The highest BCUT2D eigenvalue weighted by Gasteiger charge is 2.41. The second-order valence-electron chi connectivity index (χ2n) is 5.40. The van der Waals surface area contributed by atoms with E-state index in [0.717, 1.165) is 24.3 Å². The second-order valence-corrected chi connectivity index (χ2v) is 5.83. The monoisotopic (exact) mass is 366 g/mol. The lowest BCUT2D eigenvalue weighted by Crippen LogP contribution is -2.13. The summed E-state index contributed by atoms with van der Waals surface area (Å²) in [6.45, 7) is 0. The summed E-state index contributed by atoms with van der Waals surface area (Å²) in [4.78, 5) is 24.4. The minimum atomic E-state index is -4.49. The quantitative estimate of drug-likeness (QED) is 0.443. The molecule has 7 heteroatoms. The molecule has 1 fully saturated rings. The first-order valence-electron chi connectivity index (χ1n) is 7.16. The molecule has 1 unspecified atom stereocenters. The molecule has 0 N–H and O–H groups in total. The number of cyclic esters (lactones) is 1. The SMILES string of the molecule is O=C1O/C(=C\c2ccc(Cl)cc2)C(=O)C1c1ccc(C(F)(F)F)cc1. The molecule has 2 aromatic carbocycles. The molecule has 1 aliphatic rings. The van der Waals surface area contributed by atoms with Gasteiger partial charge in [-0.05, 0) is 41.5 Å². The number of benzene rings is 2. The van der Waals surface area contributed by atoms with Gasteiger partial charge in [0.2, 0.25) is 5.78 Å². The van der Waals surface area contributed by atoms with Crippen molar-refractivity contribution in [2.45, 2.75) is 12.1 Å². The van der Waals surface area contributed by atoms with Crippen LogP contribution in [0.5, 0.6) is 0 Å². The zero-order valence-corrected chi connectivity index (χ0v) is 13.3. The van der Waals surface area contributed by atoms with E-state index in [1.165, 1.54) is 6.08 Å². The average Bonchev–Trinajstić information content (AvgIpc) is 2.83. The largest absolute Gasteiger partial charge is 0.422 e. The topological polar surface area (TPSA) is 43.4 Å². The summed E-state index contributed by atoms with van der Waals surface area (Å²) < 4.78 is 42.8. The number of carbonyl (C=O) groups excluding carboxylic acids is 2. The molecule has 0 spiro atoms. The fourth-order valence-corrected chi connectivity index (χ4v) is 2.56. The standard InChI is InChI=1S/C18H10ClF3O3/c19-13-7-1-10(2-8-13)9-14-16(23)15(17(24)25-14)11-3-5-12(6-4-11)18(20,21)22/h1-9,15H/b14-9-. The van der Waals surface area contributed by atoms with Gasteiger partial charge in [0.05, 0.1) is 5.56 Å². The van der Waals surface area contributed by atoms with Gasteiger partial charge in [-0.25, -0.2) is 0 Å². The molecule has 128 valence electrons. The number of alkyl halides is 3. The number of esters is 1. The van der Waals surface area contributed by atoms with Crippen molar-refractivity contribution >= 4 is 29.4 Å². The molecule has 0 radical (unpaired) electrons. The molecule has 0 aromatic heterocycles. The third-order valence-electron chi connectivity index (χ3n) is 3.69. The van der Waals surface area contributed by atoms with Crippen molar-refractivity contribution in [3.05, 3.63) is 76.0 Å². The van der Waals surface area contributed by atoms with Crippen LogP contribution in [0.4, 0.5) is 13.2 Å². The fraction of sp³-hybridized carbons (Fsp3) is 0.111. The number of Topliss-reactive ketones (excluding diaryl/α,β-unsaturated/α-hetero) is 1. The molecular weight excluding hydrogens is 357 g/mol. The van der Waals surface area contributed by atoms with E-state index in [-0.39, 0.29) is 11.3 Å². The zero-order chi connectivity index (χ0) is 18.2. The van der Waals surface area contributed by atoms with Gasteiger partial charge in [-0.1, -0.05) is 35.9 Å². The predicted octanol–water partition coefficient (Wildman–Crippen LogP) is 4.61. The third kappa shape index (κ3) is 3.58. The van der Waals surface area contributed by atoms with Gasteiger partial charge in [-0.2, -0.15) is 13.2 Å². The predicted molar refractivity (Wildman–Crippen MR) is 84.7 cm³/mol. The van der Waals surface area contributed by atoms with Crippen LogP contribution in [0.1, 0.15) is 22.6 Å². The van der Waals surface area contributed by atoms with Crippen LogP contribution in [0.3, 0.4) is 0 Å². The Labute approximate surface area is 145 Å². The van der Waals surface area contributed by atoms with Gasteiger partial charge in [-0.15, -0.1) is 0 Å². The van der Waals surface area contributed by atoms with Crippen LogP contribution in [0, 0.1) is 0 Å². The van der Waals surface area contributed by atoms with Crippen LogP contribution in [0.2, 0.25) is 5.02 Å². The molecule has 0 amide bonds. The van der Waals surface area contributed by atoms with Crippen LogP contribution < -0.4 is 0 Å². The number of hydrogen-bond acceptors (Lipinski definition) is 3. The Hall–Kier alpha value is -2.60. The maximum Gasteiger partial charge on any atom is 0.416 e. The summed E-state index contributed by atoms with van der Waals surface area (Å²) in [7, 11) is 0. The highest BCUT2D eigenvalue weighted by Crippen LogP contribution is 2.34. The van der Waals surface area contributed by atoms with Gasteiger partial charge in [0, 0.05) is 5.02 Å². The van der Waals surface area contributed by atoms with Crippen molar-refractivity contribution in [1.82, 2.24) is 0 Å². The Morgan fingerprint density at radius 1 is 0.960 bits per heavy atom. The summed E-state index contributed by atoms with van der Waals surface area (Å²) in [5.74, 6) is -2.83. The van der Waals surface area contributed by atoms with Crippen molar-refractivity contribution < 1.29 is 27.5 Å².